The summed E-state index contributed by atoms with van der Waals surface area (Å²) in [5.41, 5.74) is 4.10. The van der Waals surface area contributed by atoms with Gasteiger partial charge in [-0.15, -0.1) is 0 Å². The predicted molar refractivity (Wildman–Crippen MR) is 115 cm³/mol. The fraction of sp³-hybridized carbons (Fsp3) is 0.522. The molecule has 8 nitrogen and oxygen atoms in total. The maximum absolute atomic E-state index is 13.0. The fourth-order valence-electron chi connectivity index (χ4n) is 4.80. The molecule has 3 aliphatic carbocycles. The number of aryl methyl sites for hydroxylation is 2. The third-order valence-corrected chi connectivity index (χ3v) is 6.52. The average molecular weight is 428 g/mol. The summed E-state index contributed by atoms with van der Waals surface area (Å²) in [6, 6.07) is 5.77. The van der Waals surface area contributed by atoms with Crippen molar-refractivity contribution in [1.82, 2.24) is 15.6 Å². The van der Waals surface area contributed by atoms with E-state index in [2.05, 4.69) is 21.7 Å². The predicted octanol–water partition coefficient (Wildman–Crippen LogP) is 1.90. The average Bonchev–Trinajstić information content (AvgIpc) is 3.38. The topological polar surface area (TPSA) is 132 Å². The molecule has 0 aliphatic heterocycles. The Bertz CT molecular complexity index is 981. The zero-order chi connectivity index (χ0) is 22.0. The van der Waals surface area contributed by atoms with Gasteiger partial charge in [0, 0.05) is 23.0 Å². The summed E-state index contributed by atoms with van der Waals surface area (Å²) in [6.45, 7) is -0.250. The number of aromatic nitrogens is 1. The van der Waals surface area contributed by atoms with Crippen LogP contribution < -0.4 is 10.6 Å². The van der Waals surface area contributed by atoms with Gasteiger partial charge in [0.25, 0.3) is 12.4 Å². The first-order valence-corrected chi connectivity index (χ1v) is 11.0. The van der Waals surface area contributed by atoms with Gasteiger partial charge in [-0.25, -0.2) is 0 Å². The number of aromatic amines is 1. The lowest BCUT2D eigenvalue weighted by atomic mass is 9.95. The van der Waals surface area contributed by atoms with E-state index in [0.717, 1.165) is 36.6 Å². The van der Waals surface area contributed by atoms with Gasteiger partial charge in [0.2, 0.25) is 5.91 Å². The van der Waals surface area contributed by atoms with E-state index in [1.54, 1.807) is 0 Å². The molecular weight excluding hydrogens is 398 g/mol. The number of hydrogen-bond acceptors (Lipinski definition) is 4. The number of amides is 2. The number of nitrogens with one attached hydrogen (secondary N) is 3. The molecule has 0 saturated heterocycles. The quantitative estimate of drug-likeness (QED) is 0.476. The van der Waals surface area contributed by atoms with E-state index in [-0.39, 0.29) is 30.2 Å². The molecule has 8 heteroatoms. The van der Waals surface area contributed by atoms with E-state index in [1.165, 1.54) is 24.1 Å². The largest absolute Gasteiger partial charge is 0.483 e. The molecular formula is C23H29N3O5. The maximum atomic E-state index is 13.0. The minimum atomic E-state index is -0.685. The highest BCUT2D eigenvalue weighted by atomic mass is 16.3. The summed E-state index contributed by atoms with van der Waals surface area (Å²) in [5.74, 6) is -0.400. The van der Waals surface area contributed by atoms with E-state index >= 15 is 0 Å². The van der Waals surface area contributed by atoms with Crippen molar-refractivity contribution in [2.45, 2.75) is 69.6 Å². The monoisotopic (exact) mass is 427 g/mol. The Morgan fingerprint density at radius 2 is 1.84 bits per heavy atom. The van der Waals surface area contributed by atoms with Gasteiger partial charge >= 0.3 is 0 Å². The van der Waals surface area contributed by atoms with Crippen LogP contribution in [0.4, 0.5) is 0 Å². The van der Waals surface area contributed by atoms with Crippen LogP contribution >= 0.6 is 0 Å². The van der Waals surface area contributed by atoms with Crippen LogP contribution in [0.25, 0.3) is 10.9 Å². The van der Waals surface area contributed by atoms with Crippen molar-refractivity contribution in [3.8, 4) is 0 Å². The molecule has 1 aromatic heterocycles. The van der Waals surface area contributed by atoms with Crippen molar-refractivity contribution < 1.29 is 24.6 Å². The van der Waals surface area contributed by atoms with E-state index in [0.29, 0.717) is 24.4 Å². The molecule has 1 aromatic carbocycles. The summed E-state index contributed by atoms with van der Waals surface area (Å²) in [7, 11) is 0. The van der Waals surface area contributed by atoms with Crippen molar-refractivity contribution in [3.63, 3.8) is 0 Å². The van der Waals surface area contributed by atoms with E-state index in [1.807, 2.05) is 12.1 Å². The highest BCUT2D eigenvalue weighted by Crippen LogP contribution is 2.32. The third-order valence-electron chi connectivity index (χ3n) is 6.52. The standard InChI is InChI=1S/C22H27N3O3.CH2O2/c26-19-11-12(21(27)23-13-8-9-13)10-18(19)25-22(28)16-6-3-5-15-14-4-1-2-7-17(14)24-20(15)16;2-1-3/h3,5-6,12-13,18-19,24,26H,1-2,4,7-11H2,(H,23,27)(H,25,28);1H,(H,2,3)/t12-,18-,19-;/m0./s1. The first-order chi connectivity index (χ1) is 15.0. The van der Waals surface area contributed by atoms with E-state index < -0.39 is 6.10 Å². The molecule has 2 fully saturated rings. The summed E-state index contributed by atoms with van der Waals surface area (Å²) in [4.78, 5) is 37.1. The number of rotatable bonds is 4. The number of fused-ring (bicyclic) bond motifs is 3. The Morgan fingerprint density at radius 1 is 1.10 bits per heavy atom. The number of H-pyrrole nitrogens is 1. The van der Waals surface area contributed by atoms with Gasteiger partial charge in [-0.3, -0.25) is 14.4 Å². The van der Waals surface area contributed by atoms with Crippen molar-refractivity contribution in [1.29, 1.82) is 0 Å². The zero-order valence-corrected chi connectivity index (χ0v) is 17.4. The number of para-hydroxylation sites is 1. The van der Waals surface area contributed by atoms with Gasteiger partial charge in [0.15, 0.2) is 0 Å². The molecule has 0 bridgehead atoms. The summed E-state index contributed by atoms with van der Waals surface area (Å²) < 4.78 is 0. The van der Waals surface area contributed by atoms with Gasteiger partial charge < -0.3 is 25.8 Å². The normalized spacial score (nSPS) is 24.6. The van der Waals surface area contributed by atoms with E-state index in [9.17, 15) is 14.7 Å². The fourth-order valence-corrected chi connectivity index (χ4v) is 4.80. The van der Waals surface area contributed by atoms with Crippen LogP contribution in [0.3, 0.4) is 0 Å². The Hall–Kier alpha value is -2.87. The van der Waals surface area contributed by atoms with Crippen LogP contribution in [0.15, 0.2) is 18.2 Å². The van der Waals surface area contributed by atoms with E-state index in [4.69, 9.17) is 9.90 Å². The van der Waals surface area contributed by atoms with Crippen LogP contribution in [0.5, 0.6) is 0 Å². The molecule has 5 rings (SSSR count). The van der Waals surface area contributed by atoms with Crippen molar-refractivity contribution in [3.05, 3.63) is 35.0 Å². The lowest BCUT2D eigenvalue weighted by Crippen LogP contribution is -2.40. The summed E-state index contributed by atoms with van der Waals surface area (Å²) >= 11 is 0. The van der Waals surface area contributed by atoms with Crippen LogP contribution in [0, 0.1) is 5.92 Å². The Balaban J connectivity index is 0.000000730. The number of benzene rings is 1. The van der Waals surface area contributed by atoms with Gasteiger partial charge in [0.1, 0.15) is 0 Å². The smallest absolute Gasteiger partial charge is 0.290 e. The summed E-state index contributed by atoms with van der Waals surface area (Å²) in [5, 5.41) is 24.4. The molecule has 2 amide bonds. The second-order valence-electron chi connectivity index (χ2n) is 8.72. The van der Waals surface area contributed by atoms with Gasteiger partial charge in [0.05, 0.1) is 23.2 Å². The molecule has 3 aliphatic rings. The summed E-state index contributed by atoms with van der Waals surface area (Å²) in [6.07, 6.45) is 6.76. The second-order valence-corrected chi connectivity index (χ2v) is 8.72. The highest BCUT2D eigenvalue weighted by Gasteiger charge is 2.39. The number of carbonyl (C=O) groups is 3. The Labute approximate surface area is 180 Å². The number of hydrogen-bond donors (Lipinski definition) is 5. The van der Waals surface area contributed by atoms with Crippen LogP contribution in [-0.4, -0.2) is 51.7 Å². The van der Waals surface area contributed by atoms with Crippen LogP contribution in [0.1, 0.15) is 60.1 Å². The lowest BCUT2D eigenvalue weighted by Gasteiger charge is -2.16. The lowest BCUT2D eigenvalue weighted by molar-refractivity contribution is -0.125. The van der Waals surface area contributed by atoms with Gasteiger partial charge in [-0.05, 0) is 63.0 Å². The molecule has 0 unspecified atom stereocenters. The Morgan fingerprint density at radius 3 is 2.58 bits per heavy atom. The first-order valence-electron chi connectivity index (χ1n) is 11.0. The molecule has 1 heterocycles. The molecule has 3 atom stereocenters. The third kappa shape index (κ3) is 4.58. The highest BCUT2D eigenvalue weighted by molar-refractivity contribution is 6.07. The van der Waals surface area contributed by atoms with Crippen molar-refractivity contribution >= 4 is 29.2 Å². The molecule has 5 N–H and O–H groups in total. The molecule has 0 radical (unpaired) electrons. The molecule has 31 heavy (non-hydrogen) atoms. The van der Waals surface area contributed by atoms with Crippen LogP contribution in [0.2, 0.25) is 0 Å². The minimum absolute atomic E-state index is 0.0115. The first kappa shape index (κ1) is 21.4. The number of carboxylic acid groups (broad SMARTS) is 1. The number of aliphatic hydroxyl groups is 1. The molecule has 166 valence electrons. The maximum Gasteiger partial charge on any atom is 0.290 e. The van der Waals surface area contributed by atoms with Gasteiger partial charge in [-0.2, -0.15) is 0 Å². The molecule has 2 saturated carbocycles. The second kappa shape index (κ2) is 9.09. The van der Waals surface area contributed by atoms with Gasteiger partial charge in [-0.1, -0.05) is 12.1 Å². The number of aliphatic hydroxyl groups excluding tert-OH is 1. The van der Waals surface area contributed by atoms with Crippen molar-refractivity contribution in [2.24, 2.45) is 5.92 Å². The van der Waals surface area contributed by atoms with Crippen molar-refractivity contribution in [2.75, 3.05) is 0 Å². The molecule has 2 aromatic rings. The minimum Gasteiger partial charge on any atom is -0.483 e. The zero-order valence-electron chi connectivity index (χ0n) is 17.4. The van der Waals surface area contributed by atoms with Crippen LogP contribution in [-0.2, 0) is 22.4 Å². The molecule has 0 spiro atoms. The number of carbonyl (C=O) groups excluding carboxylic acids is 2. The SMILES string of the molecule is O=C(N[C@H]1C[C@H](C(=O)NC2CC2)C[C@@H]1O)c1cccc2c3c([nH]c12)CCCC3.O=CO. The Kier molecular flexibility index (Phi) is 6.27.